The highest BCUT2D eigenvalue weighted by Crippen LogP contribution is 2.19. The molecule has 18 heavy (non-hydrogen) atoms. The third-order valence-electron chi connectivity index (χ3n) is 3.48. The van der Waals surface area contributed by atoms with Crippen molar-refractivity contribution in [3.05, 3.63) is 36.0 Å². The van der Waals surface area contributed by atoms with Crippen molar-refractivity contribution in [2.75, 3.05) is 19.6 Å². The molecule has 1 atom stereocenters. The quantitative estimate of drug-likeness (QED) is 0.799. The van der Waals surface area contributed by atoms with E-state index in [1.54, 1.807) is 0 Å². The summed E-state index contributed by atoms with van der Waals surface area (Å²) in [6.45, 7) is 4.53. The number of nitrogens with zero attached hydrogens (tertiary/aromatic N) is 1. The van der Waals surface area contributed by atoms with Crippen LogP contribution in [-0.4, -0.2) is 41.5 Å². The second kappa shape index (κ2) is 4.46. The average Bonchev–Trinajstić information content (AvgIpc) is 2.82. The molecule has 2 aromatic rings. The van der Waals surface area contributed by atoms with Gasteiger partial charge < -0.3 is 15.2 Å². The second-order valence-electron chi connectivity index (χ2n) is 4.85. The summed E-state index contributed by atoms with van der Waals surface area (Å²) in [7, 11) is 0. The second-order valence-corrected chi connectivity index (χ2v) is 4.85. The van der Waals surface area contributed by atoms with E-state index in [1.165, 1.54) is 0 Å². The number of fused-ring (bicyclic) bond motifs is 1. The molecule has 1 aliphatic heterocycles. The van der Waals surface area contributed by atoms with E-state index in [1.807, 2.05) is 35.4 Å². The fourth-order valence-electron chi connectivity index (χ4n) is 2.54. The van der Waals surface area contributed by atoms with Crippen molar-refractivity contribution in [2.45, 2.75) is 13.0 Å². The lowest BCUT2D eigenvalue weighted by atomic mass is 10.1. The highest BCUT2D eigenvalue weighted by molar-refractivity contribution is 6.06. The SMILES string of the molecule is CC1CN(C(=O)c2c[nH]c3ccccc23)CCN1. The lowest BCUT2D eigenvalue weighted by Crippen LogP contribution is -2.51. The minimum Gasteiger partial charge on any atom is -0.360 e. The van der Waals surface area contributed by atoms with Gasteiger partial charge in [0.05, 0.1) is 5.56 Å². The number of amides is 1. The van der Waals surface area contributed by atoms with Crippen molar-refractivity contribution in [3.8, 4) is 0 Å². The molecule has 1 fully saturated rings. The monoisotopic (exact) mass is 243 g/mol. The number of nitrogens with one attached hydrogen (secondary N) is 2. The number of H-pyrrole nitrogens is 1. The first-order chi connectivity index (χ1) is 8.75. The van der Waals surface area contributed by atoms with Crippen molar-refractivity contribution >= 4 is 16.8 Å². The smallest absolute Gasteiger partial charge is 0.256 e. The summed E-state index contributed by atoms with van der Waals surface area (Å²) < 4.78 is 0. The zero-order valence-corrected chi connectivity index (χ0v) is 10.4. The van der Waals surface area contributed by atoms with Gasteiger partial charge in [-0.2, -0.15) is 0 Å². The van der Waals surface area contributed by atoms with E-state index < -0.39 is 0 Å². The molecule has 2 N–H and O–H groups in total. The molecule has 1 amide bonds. The average molecular weight is 243 g/mol. The van der Waals surface area contributed by atoms with Crippen LogP contribution in [0.25, 0.3) is 10.9 Å². The Balaban J connectivity index is 1.92. The van der Waals surface area contributed by atoms with Crippen LogP contribution in [0.2, 0.25) is 0 Å². The number of carbonyl (C=O) groups is 1. The predicted octanol–water partition coefficient (Wildman–Crippen LogP) is 1.60. The maximum atomic E-state index is 12.5. The van der Waals surface area contributed by atoms with Crippen molar-refractivity contribution in [1.82, 2.24) is 15.2 Å². The fraction of sp³-hybridized carbons (Fsp3) is 0.357. The molecule has 3 rings (SSSR count). The zero-order valence-electron chi connectivity index (χ0n) is 10.4. The van der Waals surface area contributed by atoms with Gasteiger partial charge in [0.25, 0.3) is 5.91 Å². The zero-order chi connectivity index (χ0) is 12.5. The van der Waals surface area contributed by atoms with Crippen LogP contribution in [-0.2, 0) is 0 Å². The van der Waals surface area contributed by atoms with Crippen LogP contribution in [0.1, 0.15) is 17.3 Å². The number of benzene rings is 1. The van der Waals surface area contributed by atoms with Crippen LogP contribution in [0, 0.1) is 0 Å². The van der Waals surface area contributed by atoms with Crippen LogP contribution in [0.15, 0.2) is 30.5 Å². The van der Waals surface area contributed by atoms with Crippen molar-refractivity contribution in [2.24, 2.45) is 0 Å². The lowest BCUT2D eigenvalue weighted by molar-refractivity contribution is 0.0711. The molecule has 0 spiro atoms. The van der Waals surface area contributed by atoms with E-state index in [4.69, 9.17) is 0 Å². The van der Waals surface area contributed by atoms with Crippen LogP contribution in [0.3, 0.4) is 0 Å². The van der Waals surface area contributed by atoms with Crippen LogP contribution >= 0.6 is 0 Å². The highest BCUT2D eigenvalue weighted by atomic mass is 16.2. The van der Waals surface area contributed by atoms with E-state index in [9.17, 15) is 4.79 Å². The molecule has 1 aromatic carbocycles. The summed E-state index contributed by atoms with van der Waals surface area (Å²) in [5.41, 5.74) is 1.80. The molecule has 1 saturated heterocycles. The largest absolute Gasteiger partial charge is 0.360 e. The number of para-hydroxylation sites is 1. The Hall–Kier alpha value is -1.81. The molecule has 1 unspecified atom stereocenters. The Kier molecular flexibility index (Phi) is 2.80. The first kappa shape index (κ1) is 11.3. The van der Waals surface area contributed by atoms with Gasteiger partial charge in [-0.3, -0.25) is 4.79 Å². The molecule has 94 valence electrons. The van der Waals surface area contributed by atoms with Gasteiger partial charge in [-0.05, 0) is 13.0 Å². The van der Waals surface area contributed by atoms with Gasteiger partial charge in [0.15, 0.2) is 0 Å². The first-order valence-electron chi connectivity index (χ1n) is 6.34. The molecule has 2 heterocycles. The number of hydrogen-bond acceptors (Lipinski definition) is 2. The van der Waals surface area contributed by atoms with Gasteiger partial charge in [0.2, 0.25) is 0 Å². The number of carbonyl (C=O) groups excluding carboxylic acids is 1. The molecular formula is C14H17N3O. The van der Waals surface area contributed by atoms with Crippen LogP contribution in [0.5, 0.6) is 0 Å². The van der Waals surface area contributed by atoms with E-state index in [0.717, 1.165) is 36.1 Å². The van der Waals surface area contributed by atoms with Gasteiger partial charge in [-0.15, -0.1) is 0 Å². The van der Waals surface area contributed by atoms with Gasteiger partial charge in [0, 0.05) is 42.8 Å². The van der Waals surface area contributed by atoms with Crippen LogP contribution in [0.4, 0.5) is 0 Å². The van der Waals surface area contributed by atoms with Crippen molar-refractivity contribution in [1.29, 1.82) is 0 Å². The Morgan fingerprint density at radius 1 is 1.39 bits per heavy atom. The standard InChI is InChI=1S/C14H17N3O/c1-10-9-17(7-6-15-10)14(18)12-8-16-13-5-3-2-4-11(12)13/h2-5,8,10,15-16H,6-7,9H2,1H3. The summed E-state index contributed by atoms with van der Waals surface area (Å²) in [6, 6.07) is 8.29. The molecule has 4 heteroatoms. The molecule has 1 aromatic heterocycles. The Labute approximate surface area is 106 Å². The first-order valence-corrected chi connectivity index (χ1v) is 6.34. The predicted molar refractivity (Wildman–Crippen MR) is 71.7 cm³/mol. The number of piperazine rings is 1. The van der Waals surface area contributed by atoms with E-state index in [0.29, 0.717) is 6.04 Å². The fourth-order valence-corrected chi connectivity index (χ4v) is 2.54. The minimum absolute atomic E-state index is 0.126. The third kappa shape index (κ3) is 1.88. The lowest BCUT2D eigenvalue weighted by Gasteiger charge is -2.31. The molecule has 0 saturated carbocycles. The van der Waals surface area contributed by atoms with E-state index >= 15 is 0 Å². The molecule has 4 nitrogen and oxygen atoms in total. The van der Waals surface area contributed by atoms with Gasteiger partial charge in [-0.1, -0.05) is 18.2 Å². The van der Waals surface area contributed by atoms with Gasteiger partial charge >= 0.3 is 0 Å². The summed E-state index contributed by atoms with van der Waals surface area (Å²) in [4.78, 5) is 17.6. The molecule has 1 aliphatic rings. The summed E-state index contributed by atoms with van der Waals surface area (Å²) in [6.07, 6.45) is 1.82. The highest BCUT2D eigenvalue weighted by Gasteiger charge is 2.23. The van der Waals surface area contributed by atoms with Gasteiger partial charge in [0.1, 0.15) is 0 Å². The Morgan fingerprint density at radius 3 is 3.06 bits per heavy atom. The summed E-state index contributed by atoms with van der Waals surface area (Å²) >= 11 is 0. The maximum Gasteiger partial charge on any atom is 0.256 e. The van der Waals surface area contributed by atoms with E-state index in [-0.39, 0.29) is 5.91 Å². The van der Waals surface area contributed by atoms with Crippen molar-refractivity contribution < 1.29 is 4.79 Å². The number of aromatic nitrogens is 1. The molecular weight excluding hydrogens is 226 g/mol. The molecule has 0 bridgehead atoms. The molecule has 0 radical (unpaired) electrons. The molecule has 0 aliphatic carbocycles. The number of rotatable bonds is 1. The summed E-state index contributed by atoms with van der Waals surface area (Å²) in [5.74, 6) is 0.126. The van der Waals surface area contributed by atoms with E-state index in [2.05, 4.69) is 17.2 Å². The summed E-state index contributed by atoms with van der Waals surface area (Å²) in [5, 5.41) is 4.36. The van der Waals surface area contributed by atoms with Crippen molar-refractivity contribution in [3.63, 3.8) is 0 Å². The maximum absolute atomic E-state index is 12.5. The number of hydrogen-bond donors (Lipinski definition) is 2. The Bertz CT molecular complexity index is 575. The minimum atomic E-state index is 0.126. The number of aromatic amines is 1. The topological polar surface area (TPSA) is 48.1 Å². The van der Waals surface area contributed by atoms with Crippen LogP contribution < -0.4 is 5.32 Å². The normalized spacial score (nSPS) is 20.3. The van der Waals surface area contributed by atoms with Gasteiger partial charge in [-0.25, -0.2) is 0 Å². The third-order valence-corrected chi connectivity index (χ3v) is 3.48. The Morgan fingerprint density at radius 2 is 2.22 bits per heavy atom.